The molecular weight excluding hydrogens is 233 g/mol. The number of carbonyl (C=O) groups is 1. The molecule has 0 fully saturated rings. The van der Waals surface area contributed by atoms with Crippen LogP contribution in [-0.4, -0.2) is 11.1 Å². The Morgan fingerprint density at radius 2 is 2.12 bits per heavy atom. The number of hydrogen-bond acceptors (Lipinski definition) is 1. The maximum absolute atomic E-state index is 12.4. The number of carboxylic acid groups (broad SMARTS) is 1. The summed E-state index contributed by atoms with van der Waals surface area (Å²) in [5, 5.41) is 8.51. The molecule has 0 aromatic heterocycles. The second-order valence-electron chi connectivity index (χ2n) is 3.89. The van der Waals surface area contributed by atoms with Crippen LogP contribution >= 0.6 is 0 Å². The van der Waals surface area contributed by atoms with E-state index in [0.29, 0.717) is 12.0 Å². The van der Waals surface area contributed by atoms with Crippen molar-refractivity contribution in [3.63, 3.8) is 0 Å². The Morgan fingerprint density at radius 1 is 1.47 bits per heavy atom. The van der Waals surface area contributed by atoms with Crippen molar-refractivity contribution in [1.82, 2.24) is 0 Å². The quantitative estimate of drug-likeness (QED) is 0.881. The molecule has 2 nitrogen and oxygen atoms in total. The average Bonchev–Trinajstić information content (AvgIpc) is 2.25. The molecule has 17 heavy (non-hydrogen) atoms. The van der Waals surface area contributed by atoms with Gasteiger partial charge in [0.15, 0.2) is 0 Å². The first-order valence-electron chi connectivity index (χ1n) is 5.10. The number of benzene rings is 1. The molecule has 0 bridgehead atoms. The lowest BCUT2D eigenvalue weighted by molar-refractivity contribution is -0.138. The summed E-state index contributed by atoms with van der Waals surface area (Å²) in [6.07, 6.45) is -4.14. The van der Waals surface area contributed by atoms with Crippen molar-refractivity contribution in [3.05, 3.63) is 35.4 Å². The van der Waals surface area contributed by atoms with E-state index in [1.54, 1.807) is 6.92 Å². The molecular formula is C12H12F3O2. The van der Waals surface area contributed by atoms with Crippen LogP contribution in [0.15, 0.2) is 18.2 Å². The highest BCUT2D eigenvalue weighted by Gasteiger charge is 2.30. The highest BCUT2D eigenvalue weighted by molar-refractivity contribution is 5.66. The van der Waals surface area contributed by atoms with Gasteiger partial charge in [0.2, 0.25) is 0 Å². The number of carboxylic acids is 1. The van der Waals surface area contributed by atoms with Crippen molar-refractivity contribution in [3.8, 4) is 0 Å². The molecule has 1 unspecified atom stereocenters. The van der Waals surface area contributed by atoms with Crippen molar-refractivity contribution in [1.29, 1.82) is 0 Å². The highest BCUT2D eigenvalue weighted by Crippen LogP contribution is 2.31. The van der Waals surface area contributed by atoms with Gasteiger partial charge in [-0.15, -0.1) is 0 Å². The Morgan fingerprint density at radius 3 is 2.65 bits per heavy atom. The fraction of sp³-hybridized carbons (Fsp3) is 0.417. The van der Waals surface area contributed by atoms with Crippen molar-refractivity contribution < 1.29 is 23.1 Å². The van der Waals surface area contributed by atoms with Gasteiger partial charge >= 0.3 is 12.1 Å². The third-order valence-corrected chi connectivity index (χ3v) is 2.50. The van der Waals surface area contributed by atoms with E-state index in [2.05, 4.69) is 6.07 Å². The summed E-state index contributed by atoms with van der Waals surface area (Å²) in [6, 6.07) is 5.82. The summed E-state index contributed by atoms with van der Waals surface area (Å²) in [7, 11) is 0. The molecule has 1 rings (SSSR count). The average molecular weight is 245 g/mol. The van der Waals surface area contributed by atoms with Crippen LogP contribution in [0, 0.1) is 6.07 Å². The molecule has 1 atom stereocenters. The van der Waals surface area contributed by atoms with E-state index in [9.17, 15) is 18.0 Å². The number of aliphatic carboxylic acids is 1. The maximum atomic E-state index is 12.4. The molecule has 0 aliphatic heterocycles. The van der Waals surface area contributed by atoms with Gasteiger partial charge in [-0.2, -0.15) is 13.2 Å². The summed E-state index contributed by atoms with van der Waals surface area (Å²) in [5.74, 6) is -1.18. The van der Waals surface area contributed by atoms with Gasteiger partial charge < -0.3 is 5.11 Å². The molecule has 5 heteroatoms. The van der Waals surface area contributed by atoms with Crippen LogP contribution in [0.5, 0.6) is 0 Å². The van der Waals surface area contributed by atoms with Crippen LogP contribution < -0.4 is 0 Å². The van der Waals surface area contributed by atoms with E-state index in [4.69, 9.17) is 5.11 Å². The first-order chi connectivity index (χ1) is 7.80. The van der Waals surface area contributed by atoms with Crippen LogP contribution in [0.4, 0.5) is 13.2 Å². The van der Waals surface area contributed by atoms with E-state index in [1.807, 2.05) is 0 Å². The first kappa shape index (κ1) is 13.5. The van der Waals surface area contributed by atoms with Crippen LogP contribution in [0.1, 0.15) is 36.8 Å². The molecule has 1 aromatic rings. The molecule has 0 aliphatic rings. The third kappa shape index (κ3) is 4.09. The maximum Gasteiger partial charge on any atom is 0.416 e. The van der Waals surface area contributed by atoms with Crippen LogP contribution in [0.25, 0.3) is 0 Å². The van der Waals surface area contributed by atoms with Crippen molar-refractivity contribution in [2.75, 3.05) is 0 Å². The summed E-state index contributed by atoms with van der Waals surface area (Å²) >= 11 is 0. The number of hydrogen-bond donors (Lipinski definition) is 1. The van der Waals surface area contributed by atoms with E-state index in [0.717, 1.165) is 12.1 Å². The normalized spacial score (nSPS) is 13.4. The Hall–Kier alpha value is -1.52. The lowest BCUT2D eigenvalue weighted by atomic mass is 9.95. The first-order valence-corrected chi connectivity index (χ1v) is 5.10. The van der Waals surface area contributed by atoms with Crippen LogP contribution in [-0.2, 0) is 11.0 Å². The van der Waals surface area contributed by atoms with Crippen molar-refractivity contribution >= 4 is 5.97 Å². The van der Waals surface area contributed by atoms with Gasteiger partial charge in [-0.3, -0.25) is 4.79 Å². The predicted molar refractivity (Wildman–Crippen MR) is 55.6 cm³/mol. The fourth-order valence-corrected chi connectivity index (χ4v) is 1.45. The highest BCUT2D eigenvalue weighted by atomic mass is 19.4. The summed E-state index contributed by atoms with van der Waals surface area (Å²) in [6.45, 7) is 1.70. The summed E-state index contributed by atoms with van der Waals surface area (Å²) in [4.78, 5) is 10.4. The molecule has 1 N–H and O–H groups in total. The minimum Gasteiger partial charge on any atom is -0.481 e. The van der Waals surface area contributed by atoms with Gasteiger partial charge in [-0.25, -0.2) is 0 Å². The monoisotopic (exact) mass is 245 g/mol. The molecule has 93 valence electrons. The second-order valence-corrected chi connectivity index (χ2v) is 3.89. The van der Waals surface area contributed by atoms with Crippen LogP contribution in [0.3, 0.4) is 0 Å². The lowest BCUT2D eigenvalue weighted by Crippen LogP contribution is -2.07. The standard InChI is InChI=1S/C12H12F3O2/c1-8(5-6-11(16)17)9-3-2-4-10(7-9)12(13,14)15/h3-4,7-8H,5-6H2,1H3,(H,16,17). The molecule has 0 aliphatic carbocycles. The third-order valence-electron chi connectivity index (χ3n) is 2.50. The molecule has 0 saturated heterocycles. The molecule has 0 saturated carbocycles. The summed E-state index contributed by atoms with van der Waals surface area (Å²) in [5.41, 5.74) is -0.293. The van der Waals surface area contributed by atoms with Gasteiger partial charge in [0.25, 0.3) is 0 Å². The van der Waals surface area contributed by atoms with Crippen molar-refractivity contribution in [2.24, 2.45) is 0 Å². The Kier molecular flexibility index (Phi) is 4.15. The SMILES string of the molecule is CC(CCC(=O)O)c1c[c]cc(C(F)(F)F)c1. The molecule has 0 spiro atoms. The van der Waals surface area contributed by atoms with E-state index in [-0.39, 0.29) is 12.3 Å². The Balaban J connectivity index is 2.81. The zero-order chi connectivity index (χ0) is 13.1. The zero-order valence-electron chi connectivity index (χ0n) is 9.21. The largest absolute Gasteiger partial charge is 0.481 e. The molecule has 1 aromatic carbocycles. The zero-order valence-corrected chi connectivity index (χ0v) is 9.21. The van der Waals surface area contributed by atoms with E-state index < -0.39 is 17.7 Å². The minimum atomic E-state index is -4.39. The lowest BCUT2D eigenvalue weighted by Gasteiger charge is -2.13. The van der Waals surface area contributed by atoms with Crippen LogP contribution in [0.2, 0.25) is 0 Å². The van der Waals surface area contributed by atoms with Gasteiger partial charge in [-0.1, -0.05) is 13.0 Å². The molecule has 0 heterocycles. The Bertz CT molecular complexity index is 399. The van der Waals surface area contributed by atoms with Crippen molar-refractivity contribution in [2.45, 2.75) is 31.9 Å². The summed E-state index contributed by atoms with van der Waals surface area (Å²) < 4.78 is 37.3. The molecule has 0 amide bonds. The van der Waals surface area contributed by atoms with Gasteiger partial charge in [0, 0.05) is 6.42 Å². The number of rotatable bonds is 4. The smallest absolute Gasteiger partial charge is 0.416 e. The second kappa shape index (κ2) is 5.21. The van der Waals surface area contributed by atoms with Gasteiger partial charge in [0.05, 0.1) is 5.56 Å². The Labute approximate surface area is 97.1 Å². The van der Waals surface area contributed by atoms with E-state index >= 15 is 0 Å². The number of alkyl halides is 3. The minimum absolute atomic E-state index is 0.0581. The molecule has 1 radical (unpaired) electrons. The van der Waals surface area contributed by atoms with E-state index in [1.165, 1.54) is 6.07 Å². The van der Waals surface area contributed by atoms with Gasteiger partial charge in [0.1, 0.15) is 0 Å². The van der Waals surface area contributed by atoms with Gasteiger partial charge in [-0.05, 0) is 36.1 Å². The fourth-order valence-electron chi connectivity index (χ4n) is 1.45. The topological polar surface area (TPSA) is 37.3 Å². The number of halogens is 3. The predicted octanol–water partition coefficient (Wildman–Crippen LogP) is 3.47.